The third-order valence-electron chi connectivity index (χ3n) is 3.75. The summed E-state index contributed by atoms with van der Waals surface area (Å²) in [4.78, 5) is 26.4. The second-order valence-electron chi connectivity index (χ2n) is 5.43. The summed E-state index contributed by atoms with van der Waals surface area (Å²) in [5.41, 5.74) is 6.91. The van der Waals surface area contributed by atoms with Crippen molar-refractivity contribution in [2.24, 2.45) is 0 Å². The quantitative estimate of drug-likeness (QED) is 0.778. The lowest BCUT2D eigenvalue weighted by Crippen LogP contribution is -2.44. The molecule has 6 nitrogen and oxygen atoms in total. The Bertz CT molecular complexity index is 580. The van der Waals surface area contributed by atoms with Crippen LogP contribution in [0.4, 0.5) is 11.4 Å². The number of thioether (sulfide) groups is 1. The Morgan fingerprint density at radius 2 is 2.26 bits per heavy atom. The van der Waals surface area contributed by atoms with E-state index in [1.807, 2.05) is 6.92 Å². The molecule has 0 radical (unpaired) electrons. The number of nitrogens with zero attached hydrogens (tertiary/aromatic N) is 1. The van der Waals surface area contributed by atoms with Gasteiger partial charge in [-0.25, -0.2) is 0 Å². The first kappa shape index (κ1) is 17.5. The number of methoxy groups -OCH3 is 1. The van der Waals surface area contributed by atoms with Crippen LogP contribution in [-0.2, 0) is 9.59 Å². The Kier molecular flexibility index (Phi) is 6.15. The number of nitrogens with two attached hydrogens (primary N) is 1. The third-order valence-corrected chi connectivity index (χ3v) is 4.76. The van der Waals surface area contributed by atoms with Crippen LogP contribution in [0.25, 0.3) is 0 Å². The van der Waals surface area contributed by atoms with Gasteiger partial charge in [0, 0.05) is 17.9 Å². The van der Waals surface area contributed by atoms with Crippen molar-refractivity contribution in [2.45, 2.75) is 32.2 Å². The summed E-state index contributed by atoms with van der Waals surface area (Å²) in [5, 5.41) is 2.84. The Labute approximate surface area is 140 Å². The highest BCUT2D eigenvalue weighted by Crippen LogP contribution is 2.27. The zero-order valence-electron chi connectivity index (χ0n) is 13.5. The second kappa shape index (κ2) is 8.10. The number of hydrogen-bond acceptors (Lipinski definition) is 5. The molecule has 23 heavy (non-hydrogen) atoms. The Hall–Kier alpha value is -1.89. The van der Waals surface area contributed by atoms with Gasteiger partial charge in [0.25, 0.3) is 0 Å². The molecule has 2 amide bonds. The summed E-state index contributed by atoms with van der Waals surface area (Å²) in [5.74, 6) is 1.63. The van der Waals surface area contributed by atoms with Crippen molar-refractivity contribution in [2.75, 3.05) is 29.8 Å². The molecule has 1 unspecified atom stereocenters. The first-order valence-electron chi connectivity index (χ1n) is 7.68. The summed E-state index contributed by atoms with van der Waals surface area (Å²) < 4.78 is 5.10. The van der Waals surface area contributed by atoms with Crippen LogP contribution in [0.5, 0.6) is 5.75 Å². The zero-order chi connectivity index (χ0) is 16.8. The van der Waals surface area contributed by atoms with Crippen LogP contribution in [-0.4, -0.2) is 41.5 Å². The molecule has 126 valence electrons. The van der Waals surface area contributed by atoms with Crippen LogP contribution in [0.2, 0.25) is 0 Å². The van der Waals surface area contributed by atoms with Gasteiger partial charge in [0.2, 0.25) is 11.8 Å². The molecule has 1 atom stereocenters. The number of anilines is 2. The summed E-state index contributed by atoms with van der Waals surface area (Å²) in [6, 6.07) is 4.67. The first-order chi connectivity index (χ1) is 11.1. The number of nitrogen functional groups attached to an aromatic ring is 1. The molecule has 0 aliphatic carbocycles. The van der Waals surface area contributed by atoms with Crippen molar-refractivity contribution in [1.82, 2.24) is 4.90 Å². The van der Waals surface area contributed by atoms with Gasteiger partial charge in [-0.1, -0.05) is 13.3 Å². The van der Waals surface area contributed by atoms with Crippen LogP contribution in [0, 0.1) is 0 Å². The molecule has 1 aliphatic rings. The van der Waals surface area contributed by atoms with Gasteiger partial charge >= 0.3 is 0 Å². The minimum absolute atomic E-state index is 0.0474. The molecule has 1 heterocycles. The summed E-state index contributed by atoms with van der Waals surface area (Å²) in [7, 11) is 1.54. The Morgan fingerprint density at radius 1 is 1.48 bits per heavy atom. The van der Waals surface area contributed by atoms with E-state index in [2.05, 4.69) is 5.32 Å². The molecular formula is C16H23N3O3S. The maximum Gasteiger partial charge on any atom is 0.248 e. The molecule has 3 N–H and O–H groups in total. The molecule has 2 rings (SSSR count). The number of rotatable bonds is 6. The Balaban J connectivity index is 2.01. The number of ether oxygens (including phenoxy) is 1. The minimum atomic E-state index is -0.423. The number of carbonyl (C=O) groups excluding carboxylic acids is 2. The van der Waals surface area contributed by atoms with Crippen molar-refractivity contribution in [1.29, 1.82) is 0 Å². The number of amides is 2. The third kappa shape index (κ3) is 4.31. The van der Waals surface area contributed by atoms with Gasteiger partial charge in [-0.15, -0.1) is 11.8 Å². The lowest BCUT2D eigenvalue weighted by Gasteiger charge is -2.23. The molecule has 0 bridgehead atoms. The van der Waals surface area contributed by atoms with Gasteiger partial charge in [0.1, 0.15) is 11.8 Å². The van der Waals surface area contributed by atoms with Gasteiger partial charge in [0.15, 0.2) is 0 Å². The number of carbonyl (C=O) groups is 2. The smallest absolute Gasteiger partial charge is 0.248 e. The van der Waals surface area contributed by atoms with Crippen LogP contribution < -0.4 is 15.8 Å². The maximum absolute atomic E-state index is 12.5. The van der Waals surface area contributed by atoms with Crippen molar-refractivity contribution < 1.29 is 14.3 Å². The number of unbranched alkanes of at least 4 members (excludes halogenated alkanes) is 1. The second-order valence-corrected chi connectivity index (χ2v) is 6.43. The van der Waals surface area contributed by atoms with Crippen molar-refractivity contribution in [3.05, 3.63) is 18.2 Å². The Morgan fingerprint density at radius 3 is 2.91 bits per heavy atom. The maximum atomic E-state index is 12.5. The lowest BCUT2D eigenvalue weighted by atomic mass is 10.2. The highest BCUT2D eigenvalue weighted by Gasteiger charge is 2.34. The summed E-state index contributed by atoms with van der Waals surface area (Å²) >= 11 is 1.60. The predicted octanol–water partition coefficient (Wildman–Crippen LogP) is 2.31. The first-order valence-corrected chi connectivity index (χ1v) is 8.83. The van der Waals surface area contributed by atoms with Gasteiger partial charge in [0.05, 0.1) is 18.7 Å². The van der Waals surface area contributed by atoms with Gasteiger partial charge in [-0.2, -0.15) is 0 Å². The molecule has 1 fully saturated rings. The lowest BCUT2D eigenvalue weighted by molar-refractivity contribution is -0.136. The standard InChI is InChI=1S/C16H23N3O3S/c1-3-4-5-15(20)19-10-23-9-13(19)16(21)18-11-6-7-14(22-2)12(17)8-11/h6-8,13H,3-5,9-10,17H2,1-2H3,(H,18,21). The summed E-state index contributed by atoms with van der Waals surface area (Å²) in [6.45, 7) is 2.05. The molecular weight excluding hydrogens is 314 g/mol. The topological polar surface area (TPSA) is 84.7 Å². The largest absolute Gasteiger partial charge is 0.495 e. The van der Waals surface area contributed by atoms with Crippen molar-refractivity contribution >= 4 is 35.0 Å². The van der Waals surface area contributed by atoms with Gasteiger partial charge in [-0.05, 0) is 24.6 Å². The van der Waals surface area contributed by atoms with Crippen LogP contribution in [0.1, 0.15) is 26.2 Å². The fraction of sp³-hybridized carbons (Fsp3) is 0.500. The van der Waals surface area contributed by atoms with Gasteiger partial charge in [-0.3, -0.25) is 9.59 Å². The molecule has 0 spiro atoms. The van der Waals surface area contributed by atoms with E-state index in [0.29, 0.717) is 35.2 Å². The van der Waals surface area contributed by atoms with E-state index in [1.54, 1.807) is 42.0 Å². The molecule has 1 aromatic carbocycles. The SMILES string of the molecule is CCCCC(=O)N1CSCC1C(=O)Nc1ccc(OC)c(N)c1. The van der Waals surface area contributed by atoms with Crippen molar-refractivity contribution in [3.63, 3.8) is 0 Å². The zero-order valence-corrected chi connectivity index (χ0v) is 14.3. The molecule has 0 aromatic heterocycles. The fourth-order valence-corrected chi connectivity index (χ4v) is 3.60. The van der Waals surface area contributed by atoms with E-state index in [9.17, 15) is 9.59 Å². The van der Waals surface area contributed by atoms with Crippen LogP contribution in [0.15, 0.2) is 18.2 Å². The van der Waals surface area contributed by atoms with E-state index in [-0.39, 0.29) is 11.8 Å². The monoisotopic (exact) mass is 337 g/mol. The number of hydrogen-bond donors (Lipinski definition) is 2. The van der Waals surface area contributed by atoms with Crippen LogP contribution in [0.3, 0.4) is 0 Å². The normalized spacial score (nSPS) is 17.1. The number of nitrogens with one attached hydrogen (secondary N) is 1. The van der Waals surface area contributed by atoms with E-state index < -0.39 is 6.04 Å². The van der Waals surface area contributed by atoms with Crippen molar-refractivity contribution in [3.8, 4) is 5.75 Å². The van der Waals surface area contributed by atoms with E-state index in [4.69, 9.17) is 10.5 Å². The average molecular weight is 337 g/mol. The van der Waals surface area contributed by atoms with E-state index >= 15 is 0 Å². The summed E-state index contributed by atoms with van der Waals surface area (Å²) in [6.07, 6.45) is 2.31. The molecule has 1 aliphatic heterocycles. The molecule has 7 heteroatoms. The minimum Gasteiger partial charge on any atom is -0.495 e. The molecule has 1 aromatic rings. The molecule has 0 saturated carbocycles. The van der Waals surface area contributed by atoms with E-state index in [0.717, 1.165) is 12.8 Å². The average Bonchev–Trinajstić information content (AvgIpc) is 3.02. The number of benzene rings is 1. The van der Waals surface area contributed by atoms with Gasteiger partial charge < -0.3 is 20.7 Å². The van der Waals surface area contributed by atoms with Crippen LogP contribution >= 0.6 is 11.8 Å². The molecule has 1 saturated heterocycles. The predicted molar refractivity (Wildman–Crippen MR) is 93.5 cm³/mol. The van der Waals surface area contributed by atoms with E-state index in [1.165, 1.54) is 0 Å². The highest BCUT2D eigenvalue weighted by molar-refractivity contribution is 7.99. The fourth-order valence-electron chi connectivity index (χ4n) is 2.41. The highest BCUT2D eigenvalue weighted by atomic mass is 32.2.